The Balaban J connectivity index is 1.46. The van der Waals surface area contributed by atoms with Gasteiger partial charge >= 0.3 is 6.03 Å². The number of aromatic nitrogens is 1. The van der Waals surface area contributed by atoms with Gasteiger partial charge in [-0.25, -0.2) is 4.79 Å². The Kier molecular flexibility index (Phi) is 5.86. The molecule has 1 aliphatic heterocycles. The van der Waals surface area contributed by atoms with Gasteiger partial charge in [-0.1, -0.05) is 35.9 Å². The maximum Gasteiger partial charge on any atom is 0.322 e. The number of rotatable bonds is 5. The molecule has 34 heavy (non-hydrogen) atoms. The van der Waals surface area contributed by atoms with Gasteiger partial charge in [0.1, 0.15) is 0 Å². The van der Waals surface area contributed by atoms with Gasteiger partial charge in [0.15, 0.2) is 11.5 Å². The summed E-state index contributed by atoms with van der Waals surface area (Å²) in [6, 6.07) is 19.8. The van der Waals surface area contributed by atoms with Gasteiger partial charge in [-0.15, -0.1) is 0 Å². The topological polar surface area (TPSA) is 83.7 Å². The van der Waals surface area contributed by atoms with Gasteiger partial charge < -0.3 is 24.7 Å². The third-order valence-electron chi connectivity index (χ3n) is 5.61. The van der Waals surface area contributed by atoms with E-state index in [9.17, 15) is 9.59 Å². The first kappa shape index (κ1) is 21.9. The molecule has 1 aliphatic rings. The second kappa shape index (κ2) is 9.11. The van der Waals surface area contributed by atoms with E-state index in [1.165, 1.54) is 0 Å². The van der Waals surface area contributed by atoms with E-state index in [0.717, 1.165) is 22.0 Å². The number of hydrogen-bond acceptors (Lipinski definition) is 4. The Morgan fingerprint density at radius 2 is 1.88 bits per heavy atom. The fourth-order valence-electron chi connectivity index (χ4n) is 3.91. The number of H-pyrrole nitrogens is 1. The van der Waals surface area contributed by atoms with Crippen LogP contribution in [-0.4, -0.2) is 22.7 Å². The molecule has 0 saturated heterocycles. The van der Waals surface area contributed by atoms with Crippen LogP contribution in [0.5, 0.6) is 11.5 Å². The number of nitrogens with zero attached hydrogens (tertiary/aromatic N) is 1. The highest BCUT2D eigenvalue weighted by atomic mass is 35.5. The summed E-state index contributed by atoms with van der Waals surface area (Å²) in [4.78, 5) is 30.6. The SMILES string of the molecule is Cc1ccc2cc(CN(Cc3ccc4c(c3)OCO4)C(=O)Nc3cccc(Cl)c3)c(=O)[nH]c2c1. The van der Waals surface area contributed by atoms with Gasteiger partial charge in [0.2, 0.25) is 6.79 Å². The summed E-state index contributed by atoms with van der Waals surface area (Å²) in [5.74, 6) is 1.30. The molecule has 0 unspecified atom stereocenters. The number of aryl methyl sites for hydroxylation is 1. The molecular weight excluding hydrogens is 454 g/mol. The number of carbonyl (C=O) groups excluding carboxylic acids is 1. The molecule has 2 amide bonds. The smallest absolute Gasteiger partial charge is 0.322 e. The first-order valence-electron chi connectivity index (χ1n) is 10.8. The summed E-state index contributed by atoms with van der Waals surface area (Å²) in [5, 5.41) is 4.29. The minimum Gasteiger partial charge on any atom is -0.454 e. The van der Waals surface area contributed by atoms with Crippen molar-refractivity contribution in [1.82, 2.24) is 9.88 Å². The highest BCUT2D eigenvalue weighted by Crippen LogP contribution is 2.33. The fourth-order valence-corrected chi connectivity index (χ4v) is 4.10. The number of nitrogens with one attached hydrogen (secondary N) is 2. The summed E-state index contributed by atoms with van der Waals surface area (Å²) < 4.78 is 10.9. The van der Waals surface area contributed by atoms with Crippen LogP contribution >= 0.6 is 11.6 Å². The van der Waals surface area contributed by atoms with Gasteiger partial charge in [0, 0.05) is 28.3 Å². The predicted molar refractivity (Wildman–Crippen MR) is 132 cm³/mol. The van der Waals surface area contributed by atoms with Crippen LogP contribution in [0.15, 0.2) is 71.5 Å². The van der Waals surface area contributed by atoms with Crippen molar-refractivity contribution in [2.45, 2.75) is 20.0 Å². The van der Waals surface area contributed by atoms with Gasteiger partial charge in [0.05, 0.1) is 6.54 Å². The van der Waals surface area contributed by atoms with Crippen LogP contribution in [0, 0.1) is 6.92 Å². The van der Waals surface area contributed by atoms with Crippen LogP contribution in [0.4, 0.5) is 10.5 Å². The van der Waals surface area contributed by atoms with Crippen molar-refractivity contribution in [3.8, 4) is 11.5 Å². The molecule has 4 aromatic rings. The van der Waals surface area contributed by atoms with E-state index in [1.807, 2.05) is 49.4 Å². The maximum absolute atomic E-state index is 13.3. The van der Waals surface area contributed by atoms with Crippen molar-refractivity contribution >= 4 is 34.2 Å². The summed E-state index contributed by atoms with van der Waals surface area (Å²) >= 11 is 6.07. The van der Waals surface area contributed by atoms with Crippen LogP contribution in [-0.2, 0) is 13.1 Å². The zero-order valence-electron chi connectivity index (χ0n) is 18.4. The molecule has 172 valence electrons. The quantitative estimate of drug-likeness (QED) is 0.402. The van der Waals surface area contributed by atoms with E-state index in [4.69, 9.17) is 21.1 Å². The Morgan fingerprint density at radius 1 is 1.03 bits per heavy atom. The molecule has 1 aromatic heterocycles. The minimum absolute atomic E-state index is 0.111. The van der Waals surface area contributed by atoms with Crippen molar-refractivity contribution < 1.29 is 14.3 Å². The molecule has 0 spiro atoms. The number of pyridine rings is 1. The Morgan fingerprint density at radius 3 is 2.74 bits per heavy atom. The molecule has 0 atom stereocenters. The van der Waals surface area contributed by atoms with Crippen LogP contribution < -0.4 is 20.3 Å². The maximum atomic E-state index is 13.3. The Bertz CT molecular complexity index is 1450. The molecule has 0 aliphatic carbocycles. The van der Waals surface area contributed by atoms with Crippen LogP contribution in [0.3, 0.4) is 0 Å². The van der Waals surface area contributed by atoms with E-state index in [2.05, 4.69) is 10.3 Å². The van der Waals surface area contributed by atoms with Crippen molar-refractivity contribution in [2.75, 3.05) is 12.1 Å². The third-order valence-corrected chi connectivity index (χ3v) is 5.85. The number of benzene rings is 3. The molecule has 3 aromatic carbocycles. The van der Waals surface area contributed by atoms with E-state index in [0.29, 0.717) is 27.8 Å². The molecule has 0 radical (unpaired) electrons. The number of amides is 2. The van der Waals surface area contributed by atoms with Gasteiger partial charge in [-0.05, 0) is 65.9 Å². The lowest BCUT2D eigenvalue weighted by Gasteiger charge is -2.23. The first-order valence-corrected chi connectivity index (χ1v) is 11.1. The normalized spacial score (nSPS) is 12.1. The average Bonchev–Trinajstić information content (AvgIpc) is 3.27. The average molecular weight is 476 g/mol. The molecule has 5 rings (SSSR count). The zero-order valence-corrected chi connectivity index (χ0v) is 19.2. The summed E-state index contributed by atoms with van der Waals surface area (Å²) in [5.41, 5.74) is 3.48. The third kappa shape index (κ3) is 4.70. The van der Waals surface area contributed by atoms with Crippen molar-refractivity contribution in [3.63, 3.8) is 0 Å². The number of fused-ring (bicyclic) bond motifs is 2. The Labute approximate surface area is 200 Å². The predicted octanol–water partition coefficient (Wildman–Crippen LogP) is 5.45. The van der Waals surface area contributed by atoms with E-state index in [1.54, 1.807) is 29.2 Å². The number of anilines is 1. The second-order valence-electron chi connectivity index (χ2n) is 8.20. The highest BCUT2D eigenvalue weighted by Gasteiger charge is 2.20. The van der Waals surface area contributed by atoms with E-state index >= 15 is 0 Å². The molecule has 0 bridgehead atoms. The largest absolute Gasteiger partial charge is 0.454 e. The molecule has 7 nitrogen and oxygen atoms in total. The molecule has 0 saturated carbocycles. The van der Waals surface area contributed by atoms with Crippen LogP contribution in [0.25, 0.3) is 10.9 Å². The molecule has 8 heteroatoms. The highest BCUT2D eigenvalue weighted by molar-refractivity contribution is 6.30. The fraction of sp³-hybridized carbons (Fsp3) is 0.154. The number of hydrogen-bond donors (Lipinski definition) is 2. The lowest BCUT2D eigenvalue weighted by molar-refractivity contribution is 0.174. The lowest BCUT2D eigenvalue weighted by Crippen LogP contribution is -2.35. The van der Waals surface area contributed by atoms with Crippen molar-refractivity contribution in [1.29, 1.82) is 0 Å². The number of urea groups is 1. The number of carbonyl (C=O) groups is 1. The second-order valence-corrected chi connectivity index (χ2v) is 8.64. The van der Waals surface area contributed by atoms with Crippen molar-refractivity contribution in [2.24, 2.45) is 0 Å². The summed E-state index contributed by atoms with van der Waals surface area (Å²) in [6.45, 7) is 2.51. The summed E-state index contributed by atoms with van der Waals surface area (Å²) in [7, 11) is 0. The molecule has 2 heterocycles. The monoisotopic (exact) mass is 475 g/mol. The molecular formula is C26H22ClN3O4. The van der Waals surface area contributed by atoms with Gasteiger partial charge in [0.25, 0.3) is 5.56 Å². The van der Waals surface area contributed by atoms with Crippen molar-refractivity contribution in [3.05, 3.63) is 98.8 Å². The van der Waals surface area contributed by atoms with Gasteiger partial charge in [-0.3, -0.25) is 4.79 Å². The zero-order chi connectivity index (χ0) is 23.7. The number of halogens is 1. The standard InChI is InChI=1S/C26H22ClN3O4/c1-16-5-7-18-11-19(25(31)29-22(18)9-16)14-30(26(32)28-21-4-2-3-20(27)12-21)13-17-6-8-23-24(10-17)34-15-33-23/h2-12H,13-15H2,1H3,(H,28,32)(H,29,31). The molecule has 2 N–H and O–H groups in total. The van der Waals surface area contributed by atoms with E-state index < -0.39 is 0 Å². The van der Waals surface area contributed by atoms with Crippen LogP contribution in [0.1, 0.15) is 16.7 Å². The van der Waals surface area contributed by atoms with E-state index in [-0.39, 0.29) is 31.5 Å². The molecule has 0 fully saturated rings. The Hall–Kier alpha value is -3.97. The summed E-state index contributed by atoms with van der Waals surface area (Å²) in [6.07, 6.45) is 0. The van der Waals surface area contributed by atoms with Gasteiger partial charge in [-0.2, -0.15) is 0 Å². The first-order chi connectivity index (χ1) is 16.4. The minimum atomic E-state index is -0.358. The number of aromatic amines is 1. The van der Waals surface area contributed by atoms with Crippen LogP contribution in [0.2, 0.25) is 5.02 Å². The lowest BCUT2D eigenvalue weighted by atomic mass is 10.1. The number of ether oxygens (including phenoxy) is 2.